The van der Waals surface area contributed by atoms with Gasteiger partial charge in [-0.15, -0.1) is 0 Å². The fraction of sp³-hybridized carbons (Fsp3) is 0.565. The van der Waals surface area contributed by atoms with Crippen molar-refractivity contribution in [3.63, 3.8) is 0 Å². The van der Waals surface area contributed by atoms with Crippen LogP contribution in [0.5, 0.6) is 0 Å². The predicted octanol–water partition coefficient (Wildman–Crippen LogP) is 4.07. The summed E-state index contributed by atoms with van der Waals surface area (Å²) in [7, 11) is 0. The molecule has 3 aliphatic rings. The Morgan fingerprint density at radius 1 is 1.03 bits per heavy atom. The molecule has 0 N–H and O–H groups in total. The molecule has 9 heteroatoms. The van der Waals surface area contributed by atoms with Crippen molar-refractivity contribution in [2.75, 3.05) is 44.2 Å². The van der Waals surface area contributed by atoms with Crippen LogP contribution in [0.25, 0.3) is 0 Å². The second-order valence-corrected chi connectivity index (χ2v) is 9.41. The third-order valence-electron chi connectivity index (χ3n) is 7.16. The van der Waals surface area contributed by atoms with Crippen LogP contribution in [0.2, 0.25) is 0 Å². The molecule has 0 saturated carbocycles. The van der Waals surface area contributed by atoms with Crippen molar-refractivity contribution in [3.05, 3.63) is 47.8 Å². The van der Waals surface area contributed by atoms with E-state index in [1.165, 1.54) is 24.1 Å². The highest BCUT2D eigenvalue weighted by Crippen LogP contribution is 2.41. The van der Waals surface area contributed by atoms with Crippen molar-refractivity contribution in [3.8, 4) is 0 Å². The number of para-hydroxylation sites is 1. The highest BCUT2D eigenvalue weighted by molar-refractivity contribution is 5.76. The van der Waals surface area contributed by atoms with Gasteiger partial charge in [0.1, 0.15) is 0 Å². The van der Waals surface area contributed by atoms with E-state index < -0.39 is 17.8 Å². The molecule has 3 aliphatic heterocycles. The van der Waals surface area contributed by atoms with Gasteiger partial charge in [0.2, 0.25) is 0 Å². The summed E-state index contributed by atoms with van der Waals surface area (Å²) in [6.07, 6.45) is 1.34. The first-order chi connectivity index (χ1) is 15.3. The van der Waals surface area contributed by atoms with Crippen LogP contribution in [0.3, 0.4) is 0 Å². The molecule has 6 nitrogen and oxygen atoms in total. The van der Waals surface area contributed by atoms with Crippen molar-refractivity contribution in [2.45, 2.75) is 38.4 Å². The topological polar surface area (TPSA) is 44.6 Å². The summed E-state index contributed by atoms with van der Waals surface area (Å²) in [4.78, 5) is 19.3. The molecule has 2 aromatic rings. The first-order valence-corrected chi connectivity index (χ1v) is 11.3. The molecule has 1 aromatic carbocycles. The Kier molecular flexibility index (Phi) is 5.39. The number of halogens is 3. The zero-order valence-electron chi connectivity index (χ0n) is 18.0. The Bertz CT molecular complexity index is 984. The molecule has 0 bridgehead atoms. The van der Waals surface area contributed by atoms with E-state index in [0.717, 1.165) is 56.4 Å². The zero-order valence-corrected chi connectivity index (χ0v) is 18.0. The number of nitrogens with zero attached hydrogens (tertiary/aromatic N) is 5. The van der Waals surface area contributed by atoms with Crippen molar-refractivity contribution in [1.29, 1.82) is 0 Å². The predicted molar refractivity (Wildman–Crippen MR) is 114 cm³/mol. The van der Waals surface area contributed by atoms with E-state index >= 15 is 0 Å². The molecule has 1 unspecified atom stereocenters. The Hall–Kier alpha value is -2.55. The minimum Gasteiger partial charge on any atom is -0.371 e. The third kappa shape index (κ3) is 4.10. The Labute approximate surface area is 185 Å². The number of carbonyl (C=O) groups is 1. The average molecular weight is 448 g/mol. The normalized spacial score (nSPS) is 24.2. The molecule has 4 heterocycles. The fourth-order valence-electron chi connectivity index (χ4n) is 5.46. The summed E-state index contributed by atoms with van der Waals surface area (Å²) >= 11 is 0. The number of amides is 1. The lowest BCUT2D eigenvalue weighted by Gasteiger charge is -2.26. The first kappa shape index (κ1) is 21.3. The largest absolute Gasteiger partial charge is 0.419 e. The summed E-state index contributed by atoms with van der Waals surface area (Å²) in [6, 6.07) is 8.13. The third-order valence-corrected chi connectivity index (χ3v) is 7.16. The number of carbonyl (C=O) groups excluding carboxylic acids is 1. The summed E-state index contributed by atoms with van der Waals surface area (Å²) < 4.78 is 39.4. The molecule has 3 saturated heterocycles. The van der Waals surface area contributed by atoms with Crippen LogP contribution in [-0.2, 0) is 12.7 Å². The minimum absolute atomic E-state index is 0.0122. The van der Waals surface area contributed by atoms with Crippen LogP contribution >= 0.6 is 0 Å². The van der Waals surface area contributed by atoms with Gasteiger partial charge in [-0.3, -0.25) is 4.90 Å². The van der Waals surface area contributed by atoms with Crippen molar-refractivity contribution in [2.24, 2.45) is 5.41 Å². The molecule has 0 aliphatic carbocycles. The van der Waals surface area contributed by atoms with Gasteiger partial charge in [0.15, 0.2) is 0 Å². The van der Waals surface area contributed by atoms with Gasteiger partial charge in [-0.25, -0.2) is 4.79 Å². The molecular formula is C23H28F3N5O. The van der Waals surface area contributed by atoms with Crippen molar-refractivity contribution < 1.29 is 18.0 Å². The second kappa shape index (κ2) is 8.10. The maximum Gasteiger partial charge on any atom is 0.419 e. The van der Waals surface area contributed by atoms with Crippen LogP contribution in [0.15, 0.2) is 36.7 Å². The number of hydrogen-bond donors (Lipinski definition) is 0. The molecule has 172 valence electrons. The number of hydrogen-bond acceptors (Lipinski definition) is 4. The highest BCUT2D eigenvalue weighted by atomic mass is 19.4. The van der Waals surface area contributed by atoms with E-state index in [0.29, 0.717) is 19.3 Å². The maximum atomic E-state index is 12.8. The quantitative estimate of drug-likeness (QED) is 0.712. The lowest BCUT2D eigenvalue weighted by Crippen LogP contribution is -2.36. The van der Waals surface area contributed by atoms with Gasteiger partial charge in [-0.2, -0.15) is 23.0 Å². The van der Waals surface area contributed by atoms with E-state index in [1.54, 1.807) is 4.90 Å². The van der Waals surface area contributed by atoms with Gasteiger partial charge < -0.3 is 9.80 Å². The molecule has 0 radical (unpaired) electrons. The van der Waals surface area contributed by atoms with Crippen LogP contribution in [0, 0.1) is 5.41 Å². The summed E-state index contributed by atoms with van der Waals surface area (Å²) in [5.41, 5.74) is 1.78. The molecule has 1 atom stereocenters. The summed E-state index contributed by atoms with van der Waals surface area (Å²) in [5.74, 6) is 0. The van der Waals surface area contributed by atoms with Crippen LogP contribution in [0.4, 0.5) is 23.7 Å². The number of aromatic nitrogens is 2. The van der Waals surface area contributed by atoms with Crippen LogP contribution < -0.4 is 4.90 Å². The maximum absolute atomic E-state index is 12.8. The number of alkyl halides is 3. The summed E-state index contributed by atoms with van der Waals surface area (Å²) in [5, 5.41) is 3.65. The number of rotatable bonds is 3. The number of benzene rings is 1. The van der Waals surface area contributed by atoms with E-state index in [4.69, 9.17) is 0 Å². The SMILES string of the molecule is O=C(N1CCC2(CCN(Cc3ccccc3N3CCCC3)C2)C1)n1cc(C(F)(F)F)cn1. The average Bonchev–Trinajstić information content (AvgIpc) is 3.56. The monoisotopic (exact) mass is 447 g/mol. The van der Waals surface area contributed by atoms with E-state index in [-0.39, 0.29) is 5.41 Å². The van der Waals surface area contributed by atoms with Crippen molar-refractivity contribution >= 4 is 11.7 Å². The van der Waals surface area contributed by atoms with Gasteiger partial charge in [-0.1, -0.05) is 18.2 Å². The van der Waals surface area contributed by atoms with Crippen molar-refractivity contribution in [1.82, 2.24) is 19.6 Å². The number of likely N-dealkylation sites (tertiary alicyclic amines) is 2. The molecule has 1 amide bonds. The molecular weight excluding hydrogens is 419 g/mol. The smallest absolute Gasteiger partial charge is 0.371 e. The Morgan fingerprint density at radius 3 is 2.53 bits per heavy atom. The highest BCUT2D eigenvalue weighted by Gasteiger charge is 2.45. The lowest BCUT2D eigenvalue weighted by molar-refractivity contribution is -0.137. The second-order valence-electron chi connectivity index (χ2n) is 9.41. The van der Waals surface area contributed by atoms with Gasteiger partial charge in [-0.05, 0) is 43.9 Å². The molecule has 1 spiro atoms. The van der Waals surface area contributed by atoms with E-state index in [2.05, 4.69) is 39.2 Å². The van der Waals surface area contributed by atoms with Gasteiger partial charge in [0.05, 0.1) is 11.8 Å². The van der Waals surface area contributed by atoms with Gasteiger partial charge >= 0.3 is 12.2 Å². The number of anilines is 1. The Morgan fingerprint density at radius 2 is 1.78 bits per heavy atom. The minimum atomic E-state index is -4.50. The molecule has 3 fully saturated rings. The van der Waals surface area contributed by atoms with Crippen LogP contribution in [-0.4, -0.2) is 64.9 Å². The van der Waals surface area contributed by atoms with Gasteiger partial charge in [0.25, 0.3) is 0 Å². The van der Waals surface area contributed by atoms with E-state index in [1.807, 2.05) is 0 Å². The Balaban J connectivity index is 1.22. The zero-order chi connectivity index (χ0) is 22.3. The molecule has 32 heavy (non-hydrogen) atoms. The standard InChI is InChI=1S/C23H28F3N5O/c24-23(25,26)19-13-27-31(15-19)21(32)30-12-8-22(17-30)7-11-28(16-22)14-18-5-1-2-6-20(18)29-9-3-4-10-29/h1-2,5-6,13,15H,3-4,7-12,14,16-17H2. The lowest BCUT2D eigenvalue weighted by atomic mass is 9.86. The van der Waals surface area contributed by atoms with Gasteiger partial charge in [0, 0.05) is 56.6 Å². The van der Waals surface area contributed by atoms with E-state index in [9.17, 15) is 18.0 Å². The molecule has 1 aromatic heterocycles. The summed E-state index contributed by atoms with van der Waals surface area (Å²) in [6.45, 7) is 6.10. The molecule has 5 rings (SSSR count). The van der Waals surface area contributed by atoms with Crippen LogP contribution in [0.1, 0.15) is 36.8 Å². The first-order valence-electron chi connectivity index (χ1n) is 11.3. The fourth-order valence-corrected chi connectivity index (χ4v) is 5.46.